The molecule has 1 N–H and O–H groups in total. The summed E-state index contributed by atoms with van der Waals surface area (Å²) >= 11 is 1.42. The van der Waals surface area contributed by atoms with E-state index in [1.807, 2.05) is 32.0 Å². The largest absolute Gasteiger partial charge is 0.496 e. The van der Waals surface area contributed by atoms with Crippen LogP contribution in [0.4, 0.5) is 0 Å². The maximum Gasteiger partial charge on any atom is 0.230 e. The molecule has 1 aliphatic rings. The number of methoxy groups -OCH3 is 1. The SMILES string of the molecule is COc1ccc(C)cc1[C@@H](C)NC(=O)CS[C@H]1CCS(=O)(=O)C1. The molecular formula is C16H23NO4S2. The van der Waals surface area contributed by atoms with E-state index in [1.165, 1.54) is 11.8 Å². The summed E-state index contributed by atoms with van der Waals surface area (Å²) in [7, 11) is -1.28. The monoisotopic (exact) mass is 357 g/mol. The van der Waals surface area contributed by atoms with Gasteiger partial charge in [0.2, 0.25) is 5.91 Å². The normalized spacial score (nSPS) is 20.9. The molecule has 0 bridgehead atoms. The molecule has 0 spiro atoms. The number of sulfone groups is 1. The first kappa shape index (κ1) is 18.1. The Morgan fingerprint density at radius 2 is 2.22 bits per heavy atom. The van der Waals surface area contributed by atoms with E-state index in [9.17, 15) is 13.2 Å². The maximum absolute atomic E-state index is 12.1. The molecule has 7 heteroatoms. The highest BCUT2D eigenvalue weighted by atomic mass is 32.2. The summed E-state index contributed by atoms with van der Waals surface area (Å²) in [4.78, 5) is 12.1. The Labute approximate surface area is 142 Å². The number of carbonyl (C=O) groups excluding carboxylic acids is 1. The second-order valence-corrected chi connectivity index (χ2v) is 9.39. The van der Waals surface area contributed by atoms with Crippen molar-refractivity contribution in [3.8, 4) is 5.75 Å². The molecule has 0 saturated carbocycles. The maximum atomic E-state index is 12.1. The van der Waals surface area contributed by atoms with Gasteiger partial charge in [-0.2, -0.15) is 0 Å². The quantitative estimate of drug-likeness (QED) is 0.844. The Morgan fingerprint density at radius 1 is 1.48 bits per heavy atom. The van der Waals surface area contributed by atoms with E-state index in [2.05, 4.69) is 5.32 Å². The number of aryl methyl sites for hydroxylation is 1. The van der Waals surface area contributed by atoms with E-state index in [0.717, 1.165) is 16.9 Å². The standard InChI is InChI=1S/C16H23NO4S2/c1-11-4-5-15(21-3)14(8-11)12(2)17-16(18)9-22-13-6-7-23(19,20)10-13/h4-5,8,12-13H,6-7,9-10H2,1-3H3,(H,17,18)/t12-,13+/m1/s1. The molecule has 1 aromatic carbocycles. The minimum absolute atomic E-state index is 0.0366. The van der Waals surface area contributed by atoms with Crippen LogP contribution in [0.5, 0.6) is 5.75 Å². The van der Waals surface area contributed by atoms with Crippen molar-refractivity contribution in [2.24, 2.45) is 0 Å². The first-order chi connectivity index (χ1) is 10.8. The molecule has 128 valence electrons. The fourth-order valence-electron chi connectivity index (χ4n) is 2.64. The summed E-state index contributed by atoms with van der Waals surface area (Å²) in [5.74, 6) is 1.36. The van der Waals surface area contributed by atoms with E-state index in [1.54, 1.807) is 7.11 Å². The Morgan fingerprint density at radius 3 is 2.83 bits per heavy atom. The summed E-state index contributed by atoms with van der Waals surface area (Å²) in [5.41, 5.74) is 2.04. The highest BCUT2D eigenvalue weighted by molar-refractivity contribution is 8.02. The van der Waals surface area contributed by atoms with Crippen molar-refractivity contribution in [2.75, 3.05) is 24.4 Å². The van der Waals surface area contributed by atoms with Crippen LogP contribution in [-0.2, 0) is 14.6 Å². The molecule has 0 aliphatic carbocycles. The lowest BCUT2D eigenvalue weighted by molar-refractivity contribution is -0.119. The number of thioether (sulfide) groups is 1. The summed E-state index contributed by atoms with van der Waals surface area (Å²) in [6.07, 6.45) is 0.640. The second kappa shape index (κ2) is 7.57. The first-order valence-electron chi connectivity index (χ1n) is 7.56. The van der Waals surface area contributed by atoms with Crippen LogP contribution in [-0.4, -0.2) is 43.9 Å². The second-order valence-electron chi connectivity index (χ2n) is 5.87. The lowest BCUT2D eigenvalue weighted by atomic mass is 10.0. The number of amides is 1. The molecule has 0 radical (unpaired) electrons. The number of carbonyl (C=O) groups is 1. The molecule has 1 heterocycles. The highest BCUT2D eigenvalue weighted by Crippen LogP contribution is 2.27. The van der Waals surface area contributed by atoms with Gasteiger partial charge in [0.1, 0.15) is 5.75 Å². The predicted molar refractivity (Wildman–Crippen MR) is 93.8 cm³/mol. The van der Waals surface area contributed by atoms with Gasteiger partial charge in [0.05, 0.1) is 30.4 Å². The van der Waals surface area contributed by atoms with E-state index < -0.39 is 9.84 Å². The van der Waals surface area contributed by atoms with Crippen LogP contribution in [0, 0.1) is 6.92 Å². The molecule has 1 aromatic rings. The average molecular weight is 357 g/mol. The van der Waals surface area contributed by atoms with Crippen LogP contribution in [0.2, 0.25) is 0 Å². The van der Waals surface area contributed by atoms with Crippen LogP contribution in [0.3, 0.4) is 0 Å². The van der Waals surface area contributed by atoms with Gasteiger partial charge in [-0.05, 0) is 26.3 Å². The number of rotatable bonds is 6. The number of ether oxygens (including phenoxy) is 1. The fourth-order valence-corrected chi connectivity index (χ4v) is 6.09. The smallest absolute Gasteiger partial charge is 0.230 e. The van der Waals surface area contributed by atoms with E-state index in [4.69, 9.17) is 4.74 Å². The number of nitrogens with one attached hydrogen (secondary N) is 1. The third-order valence-electron chi connectivity index (χ3n) is 3.87. The Balaban J connectivity index is 1.89. The van der Waals surface area contributed by atoms with Crippen LogP contribution >= 0.6 is 11.8 Å². The van der Waals surface area contributed by atoms with E-state index in [-0.39, 0.29) is 34.5 Å². The molecule has 2 atom stereocenters. The number of hydrogen-bond donors (Lipinski definition) is 1. The van der Waals surface area contributed by atoms with Crippen molar-refractivity contribution in [1.29, 1.82) is 0 Å². The first-order valence-corrected chi connectivity index (χ1v) is 10.4. The Hall–Kier alpha value is -1.21. The van der Waals surface area contributed by atoms with Crippen molar-refractivity contribution >= 4 is 27.5 Å². The Kier molecular flexibility index (Phi) is 5.97. The molecular weight excluding hydrogens is 334 g/mol. The van der Waals surface area contributed by atoms with Crippen LogP contribution in [0.1, 0.15) is 30.5 Å². The third-order valence-corrected chi connectivity index (χ3v) is 7.15. The third kappa shape index (κ3) is 5.14. The van der Waals surface area contributed by atoms with E-state index >= 15 is 0 Å². The molecule has 1 amide bonds. The van der Waals surface area contributed by atoms with Gasteiger partial charge < -0.3 is 10.1 Å². The molecule has 0 aromatic heterocycles. The highest BCUT2D eigenvalue weighted by Gasteiger charge is 2.28. The number of hydrogen-bond acceptors (Lipinski definition) is 5. The number of benzene rings is 1. The van der Waals surface area contributed by atoms with Crippen LogP contribution in [0.25, 0.3) is 0 Å². The molecule has 23 heavy (non-hydrogen) atoms. The van der Waals surface area contributed by atoms with Gasteiger partial charge in [0.25, 0.3) is 0 Å². The summed E-state index contributed by atoms with van der Waals surface area (Å²) < 4.78 is 28.2. The summed E-state index contributed by atoms with van der Waals surface area (Å²) in [6, 6.07) is 5.70. The van der Waals surface area contributed by atoms with Crippen molar-refractivity contribution < 1.29 is 17.9 Å². The van der Waals surface area contributed by atoms with Gasteiger partial charge in [-0.1, -0.05) is 17.7 Å². The van der Waals surface area contributed by atoms with Crippen molar-refractivity contribution in [3.05, 3.63) is 29.3 Å². The molecule has 0 unspecified atom stereocenters. The molecule has 1 fully saturated rings. The molecule has 2 rings (SSSR count). The lowest BCUT2D eigenvalue weighted by Gasteiger charge is -2.18. The summed E-state index contributed by atoms with van der Waals surface area (Å²) in [6.45, 7) is 3.91. The molecule has 1 saturated heterocycles. The van der Waals surface area contributed by atoms with Gasteiger partial charge in [0, 0.05) is 10.8 Å². The predicted octanol–water partition coefficient (Wildman–Crippen LogP) is 2.10. The van der Waals surface area contributed by atoms with Gasteiger partial charge in [-0.25, -0.2) is 8.42 Å². The van der Waals surface area contributed by atoms with Crippen LogP contribution in [0.15, 0.2) is 18.2 Å². The average Bonchev–Trinajstić information content (AvgIpc) is 2.84. The lowest BCUT2D eigenvalue weighted by Crippen LogP contribution is -2.29. The molecule has 1 aliphatic heterocycles. The minimum Gasteiger partial charge on any atom is -0.496 e. The van der Waals surface area contributed by atoms with Crippen molar-refractivity contribution in [3.63, 3.8) is 0 Å². The Bertz CT molecular complexity index is 673. The van der Waals surface area contributed by atoms with Crippen LogP contribution < -0.4 is 10.1 Å². The zero-order valence-electron chi connectivity index (χ0n) is 13.7. The fraction of sp³-hybridized carbons (Fsp3) is 0.562. The topological polar surface area (TPSA) is 72.5 Å². The zero-order chi connectivity index (χ0) is 17.0. The zero-order valence-corrected chi connectivity index (χ0v) is 15.3. The van der Waals surface area contributed by atoms with Gasteiger partial charge in [-0.15, -0.1) is 11.8 Å². The van der Waals surface area contributed by atoms with Crippen molar-refractivity contribution in [2.45, 2.75) is 31.6 Å². The van der Waals surface area contributed by atoms with E-state index in [0.29, 0.717) is 6.42 Å². The van der Waals surface area contributed by atoms with Gasteiger partial charge >= 0.3 is 0 Å². The minimum atomic E-state index is -2.89. The van der Waals surface area contributed by atoms with Gasteiger partial charge in [-0.3, -0.25) is 4.79 Å². The van der Waals surface area contributed by atoms with Gasteiger partial charge in [0.15, 0.2) is 9.84 Å². The van der Waals surface area contributed by atoms with Crippen molar-refractivity contribution in [1.82, 2.24) is 5.32 Å². The summed E-state index contributed by atoms with van der Waals surface area (Å²) in [5, 5.41) is 2.99. The molecule has 5 nitrogen and oxygen atoms in total.